The van der Waals surface area contributed by atoms with Gasteiger partial charge in [0.2, 0.25) is 3.79 Å². The summed E-state index contributed by atoms with van der Waals surface area (Å²) in [6.45, 7) is 2.15. The molecule has 0 aliphatic heterocycles. The van der Waals surface area contributed by atoms with E-state index < -0.39 is 3.79 Å². The summed E-state index contributed by atoms with van der Waals surface area (Å²) in [5, 5.41) is 3.13. The first-order chi connectivity index (χ1) is 8.49. The molecular formula is C13H17Cl3N2. The molecule has 1 aromatic rings. The molecule has 0 bridgehead atoms. The Morgan fingerprint density at radius 2 is 2.06 bits per heavy atom. The molecule has 1 aromatic carbocycles. The molecule has 0 radical (unpaired) electrons. The number of alkyl halides is 3. The molecule has 0 aliphatic rings. The third-order valence-corrected chi connectivity index (χ3v) is 3.24. The van der Waals surface area contributed by atoms with E-state index in [1.165, 1.54) is 0 Å². The molecule has 0 aliphatic carbocycles. The Kier molecular flexibility index (Phi) is 6.27. The van der Waals surface area contributed by atoms with Gasteiger partial charge in [0.05, 0.1) is 6.34 Å². The quantitative estimate of drug-likeness (QED) is 0.466. The van der Waals surface area contributed by atoms with Gasteiger partial charge >= 0.3 is 0 Å². The van der Waals surface area contributed by atoms with Crippen LogP contribution in [-0.4, -0.2) is 13.4 Å². The molecule has 0 atom stereocenters. The number of aryl methyl sites for hydroxylation is 1. The van der Waals surface area contributed by atoms with E-state index in [-0.39, 0.29) is 0 Å². The fourth-order valence-electron chi connectivity index (χ4n) is 1.62. The molecule has 0 spiro atoms. The second kappa shape index (κ2) is 7.22. The lowest BCUT2D eigenvalue weighted by atomic mass is 10.0. The van der Waals surface area contributed by atoms with E-state index >= 15 is 0 Å². The van der Waals surface area contributed by atoms with E-state index in [2.05, 4.69) is 17.2 Å². The van der Waals surface area contributed by atoms with E-state index in [1.807, 2.05) is 18.2 Å². The maximum Gasteiger partial charge on any atom is 0.216 e. The molecule has 0 aromatic heterocycles. The van der Waals surface area contributed by atoms with Gasteiger partial charge in [0.25, 0.3) is 0 Å². The smallest absolute Gasteiger partial charge is 0.216 e. The molecule has 0 heterocycles. The summed E-state index contributed by atoms with van der Waals surface area (Å²) < 4.78 is -1.38. The van der Waals surface area contributed by atoms with Gasteiger partial charge in [-0.15, -0.1) is 0 Å². The fraction of sp³-hybridized carbons (Fsp3) is 0.462. The van der Waals surface area contributed by atoms with Crippen LogP contribution in [0.3, 0.4) is 0 Å². The Labute approximate surface area is 123 Å². The molecule has 18 heavy (non-hydrogen) atoms. The Morgan fingerprint density at radius 3 is 2.61 bits per heavy atom. The van der Waals surface area contributed by atoms with Gasteiger partial charge in [-0.05, 0) is 30.5 Å². The molecule has 0 fully saturated rings. The summed E-state index contributed by atoms with van der Waals surface area (Å²) in [5.41, 5.74) is 2.84. The van der Waals surface area contributed by atoms with Crippen LogP contribution in [0.5, 0.6) is 0 Å². The zero-order chi connectivity index (χ0) is 13.6. The van der Waals surface area contributed by atoms with Gasteiger partial charge in [0.15, 0.2) is 0 Å². The van der Waals surface area contributed by atoms with Crippen molar-refractivity contribution in [1.82, 2.24) is 0 Å². The Morgan fingerprint density at radius 1 is 1.33 bits per heavy atom. The van der Waals surface area contributed by atoms with Gasteiger partial charge < -0.3 is 5.32 Å². The Balaban J connectivity index is 3.03. The zero-order valence-electron chi connectivity index (χ0n) is 10.5. The molecule has 0 saturated heterocycles. The zero-order valence-corrected chi connectivity index (χ0v) is 12.8. The molecule has 100 valence electrons. The normalized spacial score (nSPS) is 12.1. The summed E-state index contributed by atoms with van der Waals surface area (Å²) in [4.78, 5) is 3.91. The maximum absolute atomic E-state index is 5.91. The van der Waals surface area contributed by atoms with Crippen LogP contribution in [0.2, 0.25) is 0 Å². The highest BCUT2D eigenvalue weighted by molar-refractivity contribution is 6.66. The van der Waals surface area contributed by atoms with Gasteiger partial charge in [-0.25, -0.2) is 0 Å². The Hall–Kier alpha value is -0.440. The maximum atomic E-state index is 5.91. The summed E-state index contributed by atoms with van der Waals surface area (Å²) in [6, 6.07) is 5.67. The van der Waals surface area contributed by atoms with E-state index in [9.17, 15) is 0 Å². The van der Waals surface area contributed by atoms with Crippen LogP contribution < -0.4 is 5.32 Å². The number of unbranched alkanes of at least 4 members (excludes halogenated alkanes) is 1. The van der Waals surface area contributed by atoms with Crippen molar-refractivity contribution in [1.29, 1.82) is 0 Å². The van der Waals surface area contributed by atoms with Crippen molar-refractivity contribution < 1.29 is 0 Å². The van der Waals surface area contributed by atoms with E-state index in [0.29, 0.717) is 5.56 Å². The standard InChI is InChI=1S/C13H17Cl3N2/c1-3-4-5-10-8-11(13(14,15)16)6-7-12(10)18-9-17-2/h6-9H,3-5H2,1-2H3,(H,17,18). The van der Waals surface area contributed by atoms with Crippen molar-refractivity contribution in [3.05, 3.63) is 29.3 Å². The number of hydrogen-bond acceptors (Lipinski definition) is 1. The van der Waals surface area contributed by atoms with Crippen LogP contribution in [-0.2, 0) is 10.2 Å². The van der Waals surface area contributed by atoms with Crippen LogP contribution in [0.1, 0.15) is 30.9 Å². The predicted molar refractivity (Wildman–Crippen MR) is 82.3 cm³/mol. The van der Waals surface area contributed by atoms with E-state index in [0.717, 1.165) is 30.5 Å². The minimum atomic E-state index is -1.38. The number of hydrogen-bond donors (Lipinski definition) is 1. The van der Waals surface area contributed by atoms with Crippen LogP contribution in [0.25, 0.3) is 0 Å². The molecule has 0 saturated carbocycles. The van der Waals surface area contributed by atoms with Crippen molar-refractivity contribution in [3.63, 3.8) is 0 Å². The number of anilines is 1. The highest BCUT2D eigenvalue weighted by Crippen LogP contribution is 2.39. The second-order valence-electron chi connectivity index (χ2n) is 4.00. The summed E-state index contributed by atoms with van der Waals surface area (Å²) in [6.07, 6.45) is 4.82. The van der Waals surface area contributed by atoms with Crippen LogP contribution in [0.15, 0.2) is 23.2 Å². The van der Waals surface area contributed by atoms with Crippen molar-refractivity contribution in [3.8, 4) is 0 Å². The average Bonchev–Trinajstić information content (AvgIpc) is 2.33. The molecule has 0 amide bonds. The number of benzene rings is 1. The van der Waals surface area contributed by atoms with Gasteiger partial charge in [-0.1, -0.05) is 54.2 Å². The first kappa shape index (κ1) is 15.6. The van der Waals surface area contributed by atoms with Crippen molar-refractivity contribution in [2.75, 3.05) is 12.4 Å². The highest BCUT2D eigenvalue weighted by atomic mass is 35.6. The lowest BCUT2D eigenvalue weighted by molar-refractivity contribution is 0.795. The van der Waals surface area contributed by atoms with Gasteiger partial charge in [-0.3, -0.25) is 4.99 Å². The van der Waals surface area contributed by atoms with Gasteiger partial charge in [-0.2, -0.15) is 0 Å². The first-order valence-corrected chi connectivity index (χ1v) is 6.99. The summed E-state index contributed by atoms with van der Waals surface area (Å²) in [5.74, 6) is 0. The lowest BCUT2D eigenvalue weighted by Gasteiger charge is -2.15. The number of nitrogens with zero attached hydrogens (tertiary/aromatic N) is 1. The highest BCUT2D eigenvalue weighted by Gasteiger charge is 2.23. The monoisotopic (exact) mass is 306 g/mol. The van der Waals surface area contributed by atoms with Gasteiger partial charge in [0, 0.05) is 18.3 Å². The van der Waals surface area contributed by atoms with Gasteiger partial charge in [0.1, 0.15) is 0 Å². The Bertz CT molecular complexity index is 411. The minimum Gasteiger partial charge on any atom is -0.347 e. The van der Waals surface area contributed by atoms with Crippen LogP contribution in [0, 0.1) is 0 Å². The summed E-state index contributed by atoms with van der Waals surface area (Å²) in [7, 11) is 1.72. The second-order valence-corrected chi connectivity index (χ2v) is 6.29. The third kappa shape index (κ3) is 4.68. The number of rotatable bonds is 5. The molecule has 1 N–H and O–H groups in total. The third-order valence-electron chi connectivity index (χ3n) is 2.58. The molecule has 5 heteroatoms. The van der Waals surface area contributed by atoms with Crippen molar-refractivity contribution in [2.45, 2.75) is 30.0 Å². The van der Waals surface area contributed by atoms with Crippen LogP contribution in [0.4, 0.5) is 5.69 Å². The van der Waals surface area contributed by atoms with E-state index in [1.54, 1.807) is 13.4 Å². The molecular weight excluding hydrogens is 291 g/mol. The SMILES string of the molecule is CCCCc1cc(C(Cl)(Cl)Cl)ccc1NC=NC. The summed E-state index contributed by atoms with van der Waals surface area (Å²) >= 11 is 17.7. The van der Waals surface area contributed by atoms with Crippen LogP contribution >= 0.6 is 34.8 Å². The number of halogens is 3. The fourth-order valence-corrected chi connectivity index (χ4v) is 1.97. The first-order valence-electron chi connectivity index (χ1n) is 5.86. The van der Waals surface area contributed by atoms with Crippen molar-refractivity contribution in [2.24, 2.45) is 4.99 Å². The number of nitrogens with one attached hydrogen (secondary N) is 1. The van der Waals surface area contributed by atoms with E-state index in [4.69, 9.17) is 34.8 Å². The topological polar surface area (TPSA) is 24.4 Å². The number of aliphatic imine (C=N–C) groups is 1. The molecule has 1 rings (SSSR count). The predicted octanol–water partition coefficient (Wildman–Crippen LogP) is 4.93. The van der Waals surface area contributed by atoms with Crippen molar-refractivity contribution >= 4 is 46.8 Å². The lowest BCUT2D eigenvalue weighted by Crippen LogP contribution is -2.05. The largest absolute Gasteiger partial charge is 0.347 e. The minimum absolute atomic E-state index is 0.692. The molecule has 2 nitrogen and oxygen atoms in total. The molecule has 0 unspecified atom stereocenters. The average molecular weight is 308 g/mol.